The van der Waals surface area contributed by atoms with Crippen LogP contribution in [0.15, 0.2) is 94.1 Å². The van der Waals surface area contributed by atoms with Gasteiger partial charge in [0.05, 0.1) is 40.0 Å². The lowest BCUT2D eigenvalue weighted by Crippen LogP contribution is -2.53. The van der Waals surface area contributed by atoms with Crippen molar-refractivity contribution < 1.29 is 23.1 Å². The van der Waals surface area contributed by atoms with Crippen molar-refractivity contribution >= 4 is 55.2 Å². The van der Waals surface area contributed by atoms with Crippen LogP contribution in [-0.4, -0.2) is 23.4 Å². The van der Waals surface area contributed by atoms with Gasteiger partial charge in [-0.05, 0) is 61.9 Å². The number of aromatic nitrogens is 1. The fourth-order valence-electron chi connectivity index (χ4n) is 6.41. The maximum Gasteiger partial charge on any atom is 0.297 e. The molecule has 8 nitrogen and oxygen atoms in total. The maximum absolute atomic E-state index is 15.1. The van der Waals surface area contributed by atoms with Gasteiger partial charge >= 0.3 is 0 Å². The Morgan fingerprint density at radius 2 is 1.78 bits per heavy atom. The first-order valence-corrected chi connectivity index (χ1v) is 15.2. The molecule has 0 fully saturated rings. The number of carbonyl (C=O) groups is 2. The second-order valence-electron chi connectivity index (χ2n) is 11.1. The summed E-state index contributed by atoms with van der Waals surface area (Å²) in [5.41, 5.74) is 0.832. The first-order valence-electron chi connectivity index (χ1n) is 14.4. The van der Waals surface area contributed by atoms with E-state index in [-0.39, 0.29) is 34.0 Å². The van der Waals surface area contributed by atoms with Crippen LogP contribution in [0.2, 0.25) is 0 Å². The van der Waals surface area contributed by atoms with Crippen LogP contribution in [0.1, 0.15) is 39.7 Å². The van der Waals surface area contributed by atoms with Gasteiger partial charge in [0.1, 0.15) is 17.1 Å². The Bertz CT molecular complexity index is 2280. The van der Waals surface area contributed by atoms with E-state index < -0.39 is 28.6 Å². The Morgan fingerprint density at radius 1 is 0.978 bits per heavy atom. The van der Waals surface area contributed by atoms with Gasteiger partial charge in [0.2, 0.25) is 5.76 Å². The highest BCUT2D eigenvalue weighted by atomic mass is 32.1. The molecule has 1 unspecified atom stereocenters. The lowest BCUT2D eigenvalue weighted by molar-refractivity contribution is -0.121. The lowest BCUT2D eigenvalue weighted by atomic mass is 9.84. The summed E-state index contributed by atoms with van der Waals surface area (Å²) in [6.45, 7) is 4.54. The van der Waals surface area contributed by atoms with Gasteiger partial charge in [0, 0.05) is 5.56 Å². The van der Waals surface area contributed by atoms with Crippen LogP contribution in [0, 0.1) is 12.7 Å². The molecule has 1 spiro atoms. The zero-order valence-electron chi connectivity index (χ0n) is 24.2. The fraction of sp³-hybridized carbons (Fsp3) is 0.143. The topological polar surface area (TPSA) is 93.0 Å². The Morgan fingerprint density at radius 3 is 2.58 bits per heavy atom. The number of carbonyl (C=O) groups excluding carboxylic acids is 2. The molecule has 0 aliphatic carbocycles. The van der Waals surface area contributed by atoms with Crippen molar-refractivity contribution in [3.63, 3.8) is 0 Å². The predicted octanol–water partition coefficient (Wildman–Crippen LogP) is 6.70. The molecule has 2 aromatic heterocycles. The van der Waals surface area contributed by atoms with Crippen molar-refractivity contribution in [3.8, 4) is 5.75 Å². The summed E-state index contributed by atoms with van der Waals surface area (Å²) in [6, 6.07) is 23.9. The summed E-state index contributed by atoms with van der Waals surface area (Å²) in [5, 5.41) is 0.153. The Balaban J connectivity index is 1.42. The van der Waals surface area contributed by atoms with Gasteiger partial charge in [0.25, 0.3) is 11.8 Å². The lowest BCUT2D eigenvalue weighted by Gasteiger charge is -2.32. The van der Waals surface area contributed by atoms with E-state index in [4.69, 9.17) is 14.1 Å². The Hall–Kier alpha value is -5.35. The summed E-state index contributed by atoms with van der Waals surface area (Å²) in [6.07, 6.45) is 0. The number of halogens is 1. The van der Waals surface area contributed by atoms with Crippen LogP contribution in [0.4, 0.5) is 15.2 Å². The van der Waals surface area contributed by atoms with E-state index in [1.54, 1.807) is 41.3 Å². The van der Waals surface area contributed by atoms with Crippen LogP contribution in [-0.2, 0) is 16.9 Å². The van der Waals surface area contributed by atoms with Gasteiger partial charge in [-0.1, -0.05) is 59.4 Å². The third-order valence-corrected chi connectivity index (χ3v) is 9.40. The Kier molecular flexibility index (Phi) is 5.95. The van der Waals surface area contributed by atoms with E-state index in [2.05, 4.69) is 0 Å². The minimum atomic E-state index is -1.94. The Labute approximate surface area is 259 Å². The molecule has 2 aliphatic heterocycles. The van der Waals surface area contributed by atoms with Crippen molar-refractivity contribution in [2.75, 3.05) is 16.4 Å². The number of ether oxygens (including phenoxy) is 1. The fourth-order valence-corrected chi connectivity index (χ4v) is 7.46. The summed E-state index contributed by atoms with van der Waals surface area (Å²) < 4.78 is 26.9. The molecule has 2 amide bonds. The van der Waals surface area contributed by atoms with Gasteiger partial charge in [-0.2, -0.15) is 0 Å². The molecule has 45 heavy (non-hydrogen) atoms. The average molecular weight is 618 g/mol. The van der Waals surface area contributed by atoms with Crippen LogP contribution in [0.3, 0.4) is 0 Å². The molecule has 222 valence electrons. The number of hydrogen-bond donors (Lipinski definition) is 0. The standard InChI is InChI=1S/C35H24FN3O5S/c1-3-43-22-13-14-25-28(17-22)45-34(37-25)39-32(41)31-29(30(40)23-16-21(36)12-15-27(23)44-31)35(39)24-6-4-5-7-26(24)38(33(35)42)18-20-10-8-19(2)9-11-20/h4-17H,3,18H2,1-2H3. The van der Waals surface area contributed by atoms with E-state index in [9.17, 15) is 14.0 Å². The van der Waals surface area contributed by atoms with Crippen molar-refractivity contribution in [3.05, 3.63) is 129 Å². The molecule has 0 radical (unpaired) electrons. The molecular formula is C35H24FN3O5S. The van der Waals surface area contributed by atoms with E-state index >= 15 is 4.79 Å². The van der Waals surface area contributed by atoms with E-state index in [0.717, 1.165) is 28.0 Å². The molecule has 10 heteroatoms. The average Bonchev–Trinajstić information content (AvgIpc) is 3.64. The van der Waals surface area contributed by atoms with Crippen molar-refractivity contribution in [1.29, 1.82) is 0 Å². The monoisotopic (exact) mass is 617 g/mol. The van der Waals surface area contributed by atoms with Crippen molar-refractivity contribution in [1.82, 2.24) is 4.98 Å². The molecule has 8 rings (SSSR count). The number of hydrogen-bond acceptors (Lipinski definition) is 7. The second kappa shape index (κ2) is 9.83. The van der Waals surface area contributed by atoms with Gasteiger partial charge in [-0.25, -0.2) is 9.37 Å². The van der Waals surface area contributed by atoms with Gasteiger partial charge in [0.15, 0.2) is 16.1 Å². The maximum atomic E-state index is 15.1. The molecule has 1 atom stereocenters. The number of thiazole rings is 1. The molecule has 0 saturated heterocycles. The SMILES string of the molecule is CCOc1ccc2nc(N3C(=O)c4oc5ccc(F)cc5c(=O)c4C34C(=O)N(Cc3ccc(C)cc3)c3ccccc34)sc2c1. The van der Waals surface area contributed by atoms with E-state index in [1.165, 1.54) is 22.3 Å². The number of para-hydroxylation sites is 1. The van der Waals surface area contributed by atoms with Crippen molar-refractivity contribution in [2.45, 2.75) is 25.9 Å². The zero-order valence-corrected chi connectivity index (χ0v) is 25.0. The molecule has 0 saturated carbocycles. The van der Waals surface area contributed by atoms with Gasteiger partial charge in [-0.15, -0.1) is 0 Å². The molecule has 4 aromatic carbocycles. The van der Waals surface area contributed by atoms with Gasteiger partial charge in [-0.3, -0.25) is 19.3 Å². The third-order valence-electron chi connectivity index (χ3n) is 8.40. The molecule has 2 aliphatic rings. The first kappa shape index (κ1) is 27.2. The van der Waals surface area contributed by atoms with Crippen LogP contribution in [0.5, 0.6) is 5.75 Å². The number of nitrogens with zero attached hydrogens (tertiary/aromatic N) is 3. The van der Waals surface area contributed by atoms with E-state index in [0.29, 0.717) is 29.1 Å². The normalized spacial score (nSPS) is 17.1. The molecule has 6 aromatic rings. The highest BCUT2D eigenvalue weighted by molar-refractivity contribution is 7.22. The zero-order chi connectivity index (χ0) is 31.0. The summed E-state index contributed by atoms with van der Waals surface area (Å²) in [5.74, 6) is -1.46. The highest BCUT2D eigenvalue weighted by Gasteiger charge is 2.66. The quantitative estimate of drug-likeness (QED) is 0.214. The van der Waals surface area contributed by atoms with E-state index in [1.807, 2.05) is 44.2 Å². The minimum Gasteiger partial charge on any atom is -0.494 e. The summed E-state index contributed by atoms with van der Waals surface area (Å²) in [4.78, 5) is 51.7. The number of amides is 2. The number of anilines is 2. The smallest absolute Gasteiger partial charge is 0.297 e. The minimum absolute atomic E-state index is 0.0476. The summed E-state index contributed by atoms with van der Waals surface area (Å²) in [7, 11) is 0. The number of aryl methyl sites for hydroxylation is 1. The number of rotatable bonds is 5. The van der Waals surface area contributed by atoms with Crippen molar-refractivity contribution in [2.24, 2.45) is 0 Å². The molecule has 0 N–H and O–H groups in total. The van der Waals surface area contributed by atoms with Crippen LogP contribution >= 0.6 is 11.3 Å². The third kappa shape index (κ3) is 3.82. The first-order chi connectivity index (χ1) is 21.8. The highest BCUT2D eigenvalue weighted by Crippen LogP contribution is 2.55. The number of fused-ring (bicyclic) bond motifs is 6. The summed E-state index contributed by atoms with van der Waals surface area (Å²) >= 11 is 1.21. The predicted molar refractivity (Wildman–Crippen MR) is 170 cm³/mol. The van der Waals surface area contributed by atoms with Crippen LogP contribution < -0.4 is 20.0 Å². The largest absolute Gasteiger partial charge is 0.494 e. The van der Waals surface area contributed by atoms with Gasteiger partial charge < -0.3 is 14.1 Å². The molecule has 0 bridgehead atoms. The molecule has 4 heterocycles. The molecular weight excluding hydrogens is 593 g/mol. The van der Waals surface area contributed by atoms with Crippen LogP contribution in [0.25, 0.3) is 21.2 Å². The second-order valence-corrected chi connectivity index (χ2v) is 12.1. The number of benzene rings is 4.